The maximum absolute atomic E-state index is 5.69. The number of nitrogens with zero attached hydrogens (tertiary/aromatic N) is 2. The third-order valence-electron chi connectivity index (χ3n) is 4.64. The fourth-order valence-electron chi connectivity index (χ4n) is 3.11. The van der Waals surface area contributed by atoms with E-state index in [-0.39, 0.29) is 24.0 Å². The highest BCUT2D eigenvalue weighted by Gasteiger charge is 2.31. The summed E-state index contributed by atoms with van der Waals surface area (Å²) < 4.78 is 5.69. The summed E-state index contributed by atoms with van der Waals surface area (Å²) in [7, 11) is 1.82. The molecule has 0 saturated carbocycles. The minimum atomic E-state index is 0. The minimum absolute atomic E-state index is 0. The molecule has 2 unspecified atom stereocenters. The van der Waals surface area contributed by atoms with Crippen LogP contribution in [0.4, 0.5) is 0 Å². The van der Waals surface area contributed by atoms with Gasteiger partial charge in [0, 0.05) is 44.3 Å². The first-order valence-electron chi connectivity index (χ1n) is 8.97. The highest BCUT2D eigenvalue weighted by atomic mass is 127. The van der Waals surface area contributed by atoms with Gasteiger partial charge in [0.25, 0.3) is 0 Å². The van der Waals surface area contributed by atoms with Crippen LogP contribution in [0, 0.1) is 5.92 Å². The van der Waals surface area contributed by atoms with Gasteiger partial charge in [-0.1, -0.05) is 25.1 Å². The number of aliphatic imine (C=N–C) groups is 1. The van der Waals surface area contributed by atoms with E-state index in [4.69, 9.17) is 4.74 Å². The Morgan fingerprint density at radius 1 is 1.32 bits per heavy atom. The molecular formula is C19H33IN4O. The summed E-state index contributed by atoms with van der Waals surface area (Å²) >= 11 is 0. The van der Waals surface area contributed by atoms with Crippen molar-refractivity contribution in [3.05, 3.63) is 29.8 Å². The molecule has 0 bridgehead atoms. The standard InChI is InChI=1S/C19H32N4O.HI/c1-6-24-18-10-8-7-9-16(18)11-21-19(20-5)22-17-13-23(14(2)3)12-15(17)4;/h7-10,14-15,17H,6,11-13H2,1-5H3,(H2,20,21,22);1H. The third-order valence-corrected chi connectivity index (χ3v) is 4.64. The third kappa shape index (κ3) is 6.33. The lowest BCUT2D eigenvalue weighted by Crippen LogP contribution is -2.46. The molecule has 2 rings (SSSR count). The summed E-state index contributed by atoms with van der Waals surface area (Å²) in [6.07, 6.45) is 0. The first kappa shape index (κ1) is 22.0. The van der Waals surface area contributed by atoms with E-state index in [0.29, 0.717) is 31.2 Å². The molecule has 1 aromatic rings. The number of para-hydroxylation sites is 1. The molecule has 1 aliphatic rings. The Bertz CT molecular complexity index is 550. The monoisotopic (exact) mass is 460 g/mol. The fraction of sp³-hybridized carbons (Fsp3) is 0.632. The van der Waals surface area contributed by atoms with Crippen LogP contribution in [0.3, 0.4) is 0 Å². The number of nitrogens with one attached hydrogen (secondary N) is 2. The normalized spacial score (nSPS) is 21.1. The largest absolute Gasteiger partial charge is 0.494 e. The lowest BCUT2D eigenvalue weighted by atomic mass is 10.1. The van der Waals surface area contributed by atoms with Gasteiger partial charge in [0.2, 0.25) is 0 Å². The number of hydrogen-bond donors (Lipinski definition) is 2. The van der Waals surface area contributed by atoms with Crippen molar-refractivity contribution in [3.8, 4) is 5.75 Å². The van der Waals surface area contributed by atoms with Crippen molar-refractivity contribution in [2.75, 3.05) is 26.7 Å². The smallest absolute Gasteiger partial charge is 0.191 e. The second-order valence-electron chi connectivity index (χ2n) is 6.74. The van der Waals surface area contributed by atoms with E-state index in [1.54, 1.807) is 0 Å². The number of likely N-dealkylation sites (tertiary alicyclic amines) is 1. The average Bonchev–Trinajstić information content (AvgIpc) is 2.94. The molecule has 0 amide bonds. The van der Waals surface area contributed by atoms with Gasteiger partial charge >= 0.3 is 0 Å². The quantitative estimate of drug-likeness (QED) is 0.389. The zero-order valence-corrected chi connectivity index (χ0v) is 18.4. The van der Waals surface area contributed by atoms with E-state index in [0.717, 1.165) is 30.4 Å². The number of hydrogen-bond acceptors (Lipinski definition) is 3. The molecule has 142 valence electrons. The summed E-state index contributed by atoms with van der Waals surface area (Å²) in [6, 6.07) is 9.16. The van der Waals surface area contributed by atoms with Crippen LogP contribution < -0.4 is 15.4 Å². The number of guanidine groups is 1. The van der Waals surface area contributed by atoms with E-state index in [2.05, 4.69) is 47.4 Å². The minimum Gasteiger partial charge on any atom is -0.494 e. The molecule has 1 heterocycles. The van der Waals surface area contributed by atoms with Crippen LogP contribution in [0.2, 0.25) is 0 Å². The average molecular weight is 460 g/mol. The SMILES string of the molecule is CCOc1ccccc1CNC(=NC)NC1CN(C(C)C)CC1C.I. The molecule has 1 aliphatic heterocycles. The molecule has 5 nitrogen and oxygen atoms in total. The molecule has 2 atom stereocenters. The maximum Gasteiger partial charge on any atom is 0.191 e. The van der Waals surface area contributed by atoms with E-state index < -0.39 is 0 Å². The summed E-state index contributed by atoms with van der Waals surface area (Å²) in [4.78, 5) is 6.90. The molecule has 1 aromatic carbocycles. The van der Waals surface area contributed by atoms with Gasteiger partial charge in [0.15, 0.2) is 5.96 Å². The molecule has 0 aliphatic carbocycles. The zero-order chi connectivity index (χ0) is 17.5. The van der Waals surface area contributed by atoms with Crippen LogP contribution in [0.25, 0.3) is 0 Å². The van der Waals surface area contributed by atoms with Crippen molar-refractivity contribution in [3.63, 3.8) is 0 Å². The van der Waals surface area contributed by atoms with Crippen molar-refractivity contribution >= 4 is 29.9 Å². The molecule has 1 fully saturated rings. The molecule has 6 heteroatoms. The van der Waals surface area contributed by atoms with E-state index in [9.17, 15) is 0 Å². The molecular weight excluding hydrogens is 427 g/mol. The number of rotatable bonds is 6. The lowest BCUT2D eigenvalue weighted by molar-refractivity contribution is 0.265. The highest BCUT2D eigenvalue weighted by molar-refractivity contribution is 14.0. The lowest BCUT2D eigenvalue weighted by Gasteiger charge is -2.22. The van der Waals surface area contributed by atoms with Gasteiger partial charge < -0.3 is 15.4 Å². The number of ether oxygens (including phenoxy) is 1. The Kier molecular flexibility index (Phi) is 9.56. The van der Waals surface area contributed by atoms with Crippen LogP contribution in [-0.4, -0.2) is 49.7 Å². The molecule has 0 radical (unpaired) electrons. The van der Waals surface area contributed by atoms with Gasteiger partial charge in [-0.25, -0.2) is 0 Å². The first-order valence-corrected chi connectivity index (χ1v) is 8.97. The van der Waals surface area contributed by atoms with E-state index in [1.807, 2.05) is 32.2 Å². The first-order chi connectivity index (χ1) is 11.5. The Morgan fingerprint density at radius 3 is 2.64 bits per heavy atom. The van der Waals surface area contributed by atoms with E-state index >= 15 is 0 Å². The van der Waals surface area contributed by atoms with Gasteiger partial charge in [0.1, 0.15) is 5.75 Å². The Labute approximate surface area is 169 Å². The second-order valence-corrected chi connectivity index (χ2v) is 6.74. The summed E-state index contributed by atoms with van der Waals surface area (Å²) in [5, 5.41) is 6.99. The van der Waals surface area contributed by atoms with Crippen molar-refractivity contribution in [1.82, 2.24) is 15.5 Å². The molecule has 2 N–H and O–H groups in total. The predicted molar refractivity (Wildman–Crippen MR) is 116 cm³/mol. The van der Waals surface area contributed by atoms with Crippen LogP contribution in [0.15, 0.2) is 29.3 Å². The van der Waals surface area contributed by atoms with Crippen LogP contribution in [0.1, 0.15) is 33.3 Å². The van der Waals surface area contributed by atoms with Crippen molar-refractivity contribution in [2.45, 2.75) is 46.3 Å². The Morgan fingerprint density at radius 2 is 2.04 bits per heavy atom. The predicted octanol–water partition coefficient (Wildman–Crippen LogP) is 3.10. The maximum atomic E-state index is 5.69. The summed E-state index contributed by atoms with van der Waals surface area (Å²) in [5.74, 6) is 2.40. The molecule has 0 aromatic heterocycles. The van der Waals surface area contributed by atoms with Crippen LogP contribution in [0.5, 0.6) is 5.75 Å². The van der Waals surface area contributed by atoms with Crippen molar-refractivity contribution < 1.29 is 4.74 Å². The zero-order valence-electron chi connectivity index (χ0n) is 16.1. The Balaban J connectivity index is 0.00000312. The van der Waals surface area contributed by atoms with Gasteiger partial charge in [0.05, 0.1) is 6.61 Å². The number of benzene rings is 1. The summed E-state index contributed by atoms with van der Waals surface area (Å²) in [6.45, 7) is 12.4. The van der Waals surface area contributed by atoms with Gasteiger partial charge in [-0.3, -0.25) is 9.89 Å². The highest BCUT2D eigenvalue weighted by Crippen LogP contribution is 2.19. The number of halogens is 1. The van der Waals surface area contributed by atoms with Crippen molar-refractivity contribution in [2.24, 2.45) is 10.9 Å². The van der Waals surface area contributed by atoms with Gasteiger partial charge in [-0.15, -0.1) is 24.0 Å². The van der Waals surface area contributed by atoms with Crippen LogP contribution >= 0.6 is 24.0 Å². The fourth-order valence-corrected chi connectivity index (χ4v) is 3.11. The molecule has 1 saturated heterocycles. The van der Waals surface area contributed by atoms with Gasteiger partial charge in [-0.05, 0) is 32.8 Å². The van der Waals surface area contributed by atoms with E-state index in [1.165, 1.54) is 0 Å². The van der Waals surface area contributed by atoms with Crippen molar-refractivity contribution in [1.29, 1.82) is 0 Å². The summed E-state index contributed by atoms with van der Waals surface area (Å²) in [5.41, 5.74) is 1.14. The van der Waals surface area contributed by atoms with Gasteiger partial charge in [-0.2, -0.15) is 0 Å². The second kappa shape index (κ2) is 10.9. The van der Waals surface area contributed by atoms with Crippen LogP contribution in [-0.2, 0) is 6.54 Å². The molecule has 0 spiro atoms. The molecule has 25 heavy (non-hydrogen) atoms. The Hall–Kier alpha value is -1.02. The topological polar surface area (TPSA) is 48.9 Å².